The van der Waals surface area contributed by atoms with Gasteiger partial charge in [0, 0.05) is 0 Å². The summed E-state index contributed by atoms with van der Waals surface area (Å²) in [5.41, 5.74) is -0.384. The average molecular weight is 345 g/mol. The minimum absolute atomic E-state index is 0.0703. The molecule has 0 radical (unpaired) electrons. The zero-order chi connectivity index (χ0) is 18.1. The van der Waals surface area contributed by atoms with Crippen molar-refractivity contribution in [2.75, 3.05) is 0 Å². The summed E-state index contributed by atoms with van der Waals surface area (Å²) in [6, 6.07) is 6.14. The van der Waals surface area contributed by atoms with Crippen LogP contribution >= 0.6 is 0 Å². The zero-order valence-corrected chi connectivity index (χ0v) is 13.5. The van der Waals surface area contributed by atoms with Gasteiger partial charge in [0.2, 0.25) is 0 Å². The van der Waals surface area contributed by atoms with Crippen molar-refractivity contribution in [3.05, 3.63) is 35.9 Å². The number of amides is 2. The Kier molecular flexibility index (Phi) is 4.89. The lowest BCUT2D eigenvalue weighted by Gasteiger charge is -2.45. The number of carbonyl (C=O) groups excluding carboxylic acids is 2. The van der Waals surface area contributed by atoms with Crippen LogP contribution in [0.25, 0.3) is 0 Å². The molecule has 1 aliphatic rings. The van der Waals surface area contributed by atoms with E-state index in [0.717, 1.165) is 0 Å². The van der Waals surface area contributed by atoms with Crippen LogP contribution in [0.3, 0.4) is 0 Å². The monoisotopic (exact) mass is 345 g/mol. The number of nitrogens with zero attached hydrogens (tertiary/aromatic N) is 1. The number of carbonyl (C=O) groups is 2. The van der Waals surface area contributed by atoms with E-state index >= 15 is 0 Å². The van der Waals surface area contributed by atoms with Crippen LogP contribution < -0.4 is 0 Å². The topological polar surface area (TPSA) is 55.8 Å². The highest BCUT2D eigenvalue weighted by molar-refractivity contribution is 6.01. The number of benzene rings is 1. The van der Waals surface area contributed by atoms with Gasteiger partial charge in [-0.2, -0.15) is 13.2 Å². The SMILES string of the molecule is CC(C)(C)OC(=O)N1C(=O)[C@H](OCc2ccccc2)[C@@H]1C(F)(F)F. The molecule has 24 heavy (non-hydrogen) atoms. The molecular formula is C16H18F3NO4. The smallest absolute Gasteiger partial charge is 0.417 e. The fourth-order valence-electron chi connectivity index (χ4n) is 2.22. The van der Waals surface area contributed by atoms with Gasteiger partial charge in [-0.1, -0.05) is 30.3 Å². The quantitative estimate of drug-likeness (QED) is 0.789. The number of hydrogen-bond acceptors (Lipinski definition) is 4. The van der Waals surface area contributed by atoms with Gasteiger partial charge < -0.3 is 9.47 Å². The number of likely N-dealkylation sites (tertiary alicyclic amines) is 1. The molecule has 0 aromatic heterocycles. The lowest BCUT2D eigenvalue weighted by molar-refractivity contribution is -0.244. The summed E-state index contributed by atoms with van der Waals surface area (Å²) in [6.07, 6.45) is -7.88. The third-order valence-corrected chi connectivity index (χ3v) is 3.24. The first-order valence-electron chi connectivity index (χ1n) is 7.29. The Hall–Kier alpha value is -2.09. The molecule has 0 aliphatic carbocycles. The van der Waals surface area contributed by atoms with E-state index in [2.05, 4.69) is 0 Å². The molecule has 8 heteroatoms. The maximum Gasteiger partial charge on any atom is 0.417 e. The van der Waals surface area contributed by atoms with Gasteiger partial charge >= 0.3 is 12.3 Å². The van der Waals surface area contributed by atoms with E-state index in [1.54, 1.807) is 30.3 Å². The number of hydrogen-bond donors (Lipinski definition) is 0. The second-order valence-corrected chi connectivity index (χ2v) is 6.39. The number of ether oxygens (including phenoxy) is 2. The highest BCUT2D eigenvalue weighted by Crippen LogP contribution is 2.38. The Bertz CT molecular complexity index is 610. The largest absolute Gasteiger partial charge is 0.443 e. The Morgan fingerprint density at radius 3 is 2.25 bits per heavy atom. The van der Waals surface area contributed by atoms with Crippen LogP contribution in [0.5, 0.6) is 0 Å². The first-order valence-corrected chi connectivity index (χ1v) is 7.29. The summed E-state index contributed by atoms with van der Waals surface area (Å²) in [7, 11) is 0. The maximum absolute atomic E-state index is 13.2. The zero-order valence-electron chi connectivity index (χ0n) is 13.5. The predicted molar refractivity (Wildman–Crippen MR) is 77.9 cm³/mol. The third kappa shape index (κ3) is 4.05. The first-order chi connectivity index (χ1) is 11.0. The molecule has 1 aliphatic heterocycles. The van der Waals surface area contributed by atoms with E-state index in [9.17, 15) is 22.8 Å². The molecule has 1 aromatic rings. The molecular weight excluding hydrogens is 327 g/mol. The lowest BCUT2D eigenvalue weighted by Crippen LogP contribution is -2.72. The number of rotatable bonds is 3. The van der Waals surface area contributed by atoms with Gasteiger partial charge in [-0.05, 0) is 26.3 Å². The van der Waals surface area contributed by atoms with E-state index in [4.69, 9.17) is 9.47 Å². The molecule has 1 saturated heterocycles. The molecule has 0 saturated carbocycles. The molecule has 2 rings (SSSR count). The average Bonchev–Trinajstić information content (AvgIpc) is 2.42. The van der Waals surface area contributed by atoms with Crippen molar-refractivity contribution in [1.29, 1.82) is 0 Å². The van der Waals surface area contributed by atoms with E-state index in [1.165, 1.54) is 20.8 Å². The van der Waals surface area contributed by atoms with Crippen molar-refractivity contribution in [3.63, 3.8) is 0 Å². The van der Waals surface area contributed by atoms with Crippen LogP contribution in [0, 0.1) is 0 Å². The second-order valence-electron chi connectivity index (χ2n) is 6.39. The van der Waals surface area contributed by atoms with Crippen LogP contribution in [-0.4, -0.2) is 40.8 Å². The van der Waals surface area contributed by atoms with Crippen LogP contribution in [0.15, 0.2) is 30.3 Å². The van der Waals surface area contributed by atoms with Crippen LogP contribution in [0.4, 0.5) is 18.0 Å². The van der Waals surface area contributed by atoms with Gasteiger partial charge in [-0.3, -0.25) is 4.79 Å². The van der Waals surface area contributed by atoms with Crippen LogP contribution in [0.2, 0.25) is 0 Å². The molecule has 2 amide bonds. The normalized spacial score (nSPS) is 21.4. The standard InChI is InChI=1S/C16H18F3NO4/c1-15(2,3)24-14(22)20-12(16(17,18)19)11(13(20)21)23-9-10-7-5-4-6-8-10/h4-8,11-12H,9H2,1-3H3/t11-,12-/m1/s1. The molecule has 132 valence electrons. The summed E-state index contributed by atoms with van der Waals surface area (Å²) in [5.74, 6) is -1.05. The summed E-state index contributed by atoms with van der Waals surface area (Å²) in [5, 5.41) is 0. The number of halogens is 3. The van der Waals surface area contributed by atoms with Crippen molar-refractivity contribution in [1.82, 2.24) is 4.90 Å². The molecule has 1 aromatic carbocycles. The summed E-state index contributed by atoms with van der Waals surface area (Å²) < 4.78 is 49.6. The number of β-lactam (4-membered cyclic amide) rings is 1. The van der Waals surface area contributed by atoms with E-state index in [1.807, 2.05) is 0 Å². The Labute approximate surface area is 137 Å². The summed E-state index contributed by atoms with van der Waals surface area (Å²) in [4.78, 5) is 23.9. The Morgan fingerprint density at radius 2 is 1.75 bits per heavy atom. The van der Waals surface area contributed by atoms with Gasteiger partial charge in [-0.25, -0.2) is 9.69 Å². The highest BCUT2D eigenvalue weighted by Gasteiger charge is 2.65. The lowest BCUT2D eigenvalue weighted by atomic mass is 9.98. The molecule has 1 heterocycles. The molecule has 2 atom stereocenters. The molecule has 0 bridgehead atoms. The number of imide groups is 1. The van der Waals surface area contributed by atoms with Gasteiger partial charge in [0.25, 0.3) is 5.91 Å². The molecule has 0 N–H and O–H groups in total. The highest BCUT2D eigenvalue weighted by atomic mass is 19.4. The van der Waals surface area contributed by atoms with Gasteiger partial charge in [0.15, 0.2) is 12.1 Å². The first kappa shape index (κ1) is 18.3. The fraction of sp³-hybridized carbons (Fsp3) is 0.500. The van der Waals surface area contributed by atoms with Crippen molar-refractivity contribution in [3.8, 4) is 0 Å². The third-order valence-electron chi connectivity index (χ3n) is 3.24. The minimum atomic E-state index is -4.80. The van der Waals surface area contributed by atoms with E-state index < -0.39 is 35.9 Å². The Morgan fingerprint density at radius 1 is 1.17 bits per heavy atom. The van der Waals surface area contributed by atoms with Crippen LogP contribution in [-0.2, 0) is 20.9 Å². The van der Waals surface area contributed by atoms with Crippen molar-refractivity contribution >= 4 is 12.0 Å². The summed E-state index contributed by atoms with van der Waals surface area (Å²) >= 11 is 0. The van der Waals surface area contributed by atoms with Crippen molar-refractivity contribution in [2.24, 2.45) is 0 Å². The van der Waals surface area contributed by atoms with Crippen molar-refractivity contribution < 1.29 is 32.2 Å². The van der Waals surface area contributed by atoms with E-state index in [-0.39, 0.29) is 11.5 Å². The molecule has 5 nitrogen and oxygen atoms in total. The fourth-order valence-corrected chi connectivity index (χ4v) is 2.22. The van der Waals surface area contributed by atoms with Gasteiger partial charge in [0.1, 0.15) is 5.60 Å². The molecule has 1 fully saturated rings. The maximum atomic E-state index is 13.2. The van der Waals surface area contributed by atoms with Crippen molar-refractivity contribution in [2.45, 2.75) is 51.3 Å². The number of alkyl halides is 3. The Balaban J connectivity index is 2.10. The minimum Gasteiger partial charge on any atom is -0.443 e. The van der Waals surface area contributed by atoms with Gasteiger partial charge in [0.05, 0.1) is 6.61 Å². The molecule has 0 spiro atoms. The van der Waals surface area contributed by atoms with Crippen LogP contribution in [0.1, 0.15) is 26.3 Å². The second kappa shape index (κ2) is 6.43. The van der Waals surface area contributed by atoms with E-state index in [0.29, 0.717) is 5.56 Å². The summed E-state index contributed by atoms with van der Waals surface area (Å²) in [6.45, 7) is 4.34. The molecule has 0 unspecified atom stereocenters. The predicted octanol–water partition coefficient (Wildman–Crippen LogP) is 3.28. The van der Waals surface area contributed by atoms with Gasteiger partial charge in [-0.15, -0.1) is 0 Å².